The molecule has 2 N–H and O–H groups in total. The van der Waals surface area contributed by atoms with Crippen LogP contribution in [-0.4, -0.2) is 11.0 Å². The molecular weight excluding hydrogens is 287 g/mol. The van der Waals surface area contributed by atoms with Crippen molar-refractivity contribution in [3.8, 4) is 0 Å². The van der Waals surface area contributed by atoms with Crippen molar-refractivity contribution in [3.63, 3.8) is 0 Å². The van der Waals surface area contributed by atoms with E-state index in [-0.39, 0.29) is 16.8 Å². The summed E-state index contributed by atoms with van der Waals surface area (Å²) in [5, 5.41) is 5.68. The van der Waals surface area contributed by atoms with Gasteiger partial charge in [0.1, 0.15) is 5.82 Å². The number of thiocarbonyl (C=S) groups is 1. The minimum Gasteiger partial charge on any atom is -0.332 e. The Kier molecular flexibility index (Phi) is 5.00. The predicted octanol–water partition coefficient (Wildman–Crippen LogP) is 3.51. The lowest BCUT2D eigenvalue weighted by atomic mass is 10.1. The molecule has 0 aliphatic rings. The van der Waals surface area contributed by atoms with Gasteiger partial charge in [-0.3, -0.25) is 10.1 Å². The summed E-state index contributed by atoms with van der Waals surface area (Å²) in [6.07, 6.45) is 0.964. The highest BCUT2D eigenvalue weighted by atomic mass is 32.1. The summed E-state index contributed by atoms with van der Waals surface area (Å²) in [6.45, 7) is 2.08. The smallest absolute Gasteiger partial charge is 0.257 e. The fraction of sp³-hybridized carbons (Fsp3) is 0.125. The molecule has 2 rings (SSSR count). The van der Waals surface area contributed by atoms with Crippen LogP contribution in [0.4, 0.5) is 10.1 Å². The van der Waals surface area contributed by atoms with Crippen LogP contribution < -0.4 is 10.6 Å². The normalized spacial score (nSPS) is 10.0. The van der Waals surface area contributed by atoms with Crippen LogP contribution in [-0.2, 0) is 6.42 Å². The topological polar surface area (TPSA) is 41.1 Å². The second-order valence-corrected chi connectivity index (χ2v) is 4.87. The zero-order chi connectivity index (χ0) is 15.2. The fourth-order valence-corrected chi connectivity index (χ4v) is 1.97. The van der Waals surface area contributed by atoms with Gasteiger partial charge < -0.3 is 5.32 Å². The lowest BCUT2D eigenvalue weighted by molar-refractivity contribution is 0.0977. The van der Waals surface area contributed by atoms with Crippen molar-refractivity contribution in [1.82, 2.24) is 5.32 Å². The first-order valence-corrected chi connectivity index (χ1v) is 6.96. The van der Waals surface area contributed by atoms with Crippen LogP contribution >= 0.6 is 12.2 Å². The van der Waals surface area contributed by atoms with Gasteiger partial charge in [0.25, 0.3) is 5.91 Å². The lowest BCUT2D eigenvalue weighted by Crippen LogP contribution is -2.34. The first kappa shape index (κ1) is 15.1. The Labute approximate surface area is 128 Å². The van der Waals surface area contributed by atoms with Crippen molar-refractivity contribution in [2.45, 2.75) is 13.3 Å². The van der Waals surface area contributed by atoms with Gasteiger partial charge in [0.2, 0.25) is 0 Å². The minimum absolute atomic E-state index is 0.202. The van der Waals surface area contributed by atoms with E-state index in [9.17, 15) is 9.18 Å². The van der Waals surface area contributed by atoms with E-state index >= 15 is 0 Å². The second-order valence-electron chi connectivity index (χ2n) is 4.47. The number of aryl methyl sites for hydroxylation is 1. The van der Waals surface area contributed by atoms with Crippen LogP contribution in [0.5, 0.6) is 0 Å². The molecule has 0 aliphatic heterocycles. The Morgan fingerprint density at radius 3 is 2.29 bits per heavy atom. The first-order chi connectivity index (χ1) is 10.1. The monoisotopic (exact) mass is 302 g/mol. The SMILES string of the molecule is CCc1ccc(NC(=S)NC(=O)c2ccc(F)cc2)cc1. The quantitative estimate of drug-likeness (QED) is 0.852. The van der Waals surface area contributed by atoms with Crippen LogP contribution in [0.25, 0.3) is 0 Å². The highest BCUT2D eigenvalue weighted by Crippen LogP contribution is 2.10. The molecule has 0 saturated carbocycles. The second kappa shape index (κ2) is 6.95. The van der Waals surface area contributed by atoms with E-state index in [1.54, 1.807) is 0 Å². The standard InChI is InChI=1S/C16H15FN2OS/c1-2-11-3-9-14(10-4-11)18-16(21)19-15(20)12-5-7-13(17)8-6-12/h3-10H,2H2,1H3,(H2,18,19,20,21). The molecule has 0 bridgehead atoms. The van der Waals surface area contributed by atoms with Gasteiger partial charge in [0, 0.05) is 11.3 Å². The molecule has 2 aromatic rings. The molecule has 3 nitrogen and oxygen atoms in total. The number of amides is 1. The molecule has 1 amide bonds. The number of rotatable bonds is 3. The lowest BCUT2D eigenvalue weighted by Gasteiger charge is -2.10. The van der Waals surface area contributed by atoms with Crippen LogP contribution in [0.3, 0.4) is 0 Å². The molecule has 0 aromatic heterocycles. The molecule has 108 valence electrons. The van der Waals surface area contributed by atoms with E-state index in [0.29, 0.717) is 5.56 Å². The molecule has 0 unspecified atom stereocenters. The van der Waals surface area contributed by atoms with E-state index < -0.39 is 0 Å². The molecule has 0 spiro atoms. The number of carbonyl (C=O) groups excluding carboxylic acids is 1. The largest absolute Gasteiger partial charge is 0.332 e. The number of anilines is 1. The summed E-state index contributed by atoms with van der Waals surface area (Å²) in [7, 11) is 0. The van der Waals surface area contributed by atoms with Gasteiger partial charge in [0.15, 0.2) is 5.11 Å². The molecule has 0 heterocycles. The summed E-state index contributed by atoms with van der Waals surface area (Å²) >= 11 is 5.08. The van der Waals surface area contributed by atoms with Gasteiger partial charge in [-0.15, -0.1) is 0 Å². The van der Waals surface area contributed by atoms with E-state index in [1.807, 2.05) is 24.3 Å². The summed E-state index contributed by atoms with van der Waals surface area (Å²) < 4.78 is 12.8. The van der Waals surface area contributed by atoms with E-state index in [2.05, 4.69) is 17.6 Å². The maximum absolute atomic E-state index is 12.8. The number of benzene rings is 2. The van der Waals surface area contributed by atoms with Crippen molar-refractivity contribution in [2.24, 2.45) is 0 Å². The van der Waals surface area contributed by atoms with Gasteiger partial charge in [-0.05, 0) is 60.6 Å². The molecule has 21 heavy (non-hydrogen) atoms. The van der Waals surface area contributed by atoms with Gasteiger partial charge in [-0.1, -0.05) is 19.1 Å². The van der Waals surface area contributed by atoms with Gasteiger partial charge in [-0.2, -0.15) is 0 Å². The molecule has 2 aromatic carbocycles. The molecule has 0 radical (unpaired) electrons. The summed E-state index contributed by atoms with van der Waals surface area (Å²) in [4.78, 5) is 11.9. The Hall–Kier alpha value is -2.27. The Balaban J connectivity index is 1.94. The van der Waals surface area contributed by atoms with Crippen LogP contribution in [0, 0.1) is 5.82 Å². The third kappa shape index (κ3) is 4.36. The third-order valence-corrected chi connectivity index (χ3v) is 3.16. The van der Waals surface area contributed by atoms with Crippen LogP contribution in [0.2, 0.25) is 0 Å². The van der Waals surface area contributed by atoms with E-state index in [1.165, 1.54) is 29.8 Å². The van der Waals surface area contributed by atoms with Gasteiger partial charge in [-0.25, -0.2) is 4.39 Å². The molecule has 0 atom stereocenters. The molecule has 0 aliphatic carbocycles. The number of halogens is 1. The summed E-state index contributed by atoms with van der Waals surface area (Å²) in [6, 6.07) is 13.1. The van der Waals surface area contributed by atoms with Crippen molar-refractivity contribution >= 4 is 28.9 Å². The molecule has 0 saturated heterocycles. The van der Waals surface area contributed by atoms with Crippen molar-refractivity contribution in [1.29, 1.82) is 0 Å². The summed E-state index contributed by atoms with van der Waals surface area (Å²) in [5.41, 5.74) is 2.38. The number of hydrogen-bond acceptors (Lipinski definition) is 2. The van der Waals surface area contributed by atoms with Gasteiger partial charge in [0.05, 0.1) is 0 Å². The first-order valence-electron chi connectivity index (χ1n) is 6.55. The highest BCUT2D eigenvalue weighted by Gasteiger charge is 2.07. The molecular formula is C16H15FN2OS. The minimum atomic E-state index is -0.386. The fourth-order valence-electron chi connectivity index (χ4n) is 1.76. The van der Waals surface area contributed by atoms with Crippen molar-refractivity contribution in [3.05, 3.63) is 65.5 Å². The highest BCUT2D eigenvalue weighted by molar-refractivity contribution is 7.80. The Morgan fingerprint density at radius 2 is 1.71 bits per heavy atom. The van der Waals surface area contributed by atoms with Gasteiger partial charge >= 0.3 is 0 Å². The van der Waals surface area contributed by atoms with Crippen LogP contribution in [0.15, 0.2) is 48.5 Å². The number of nitrogens with one attached hydrogen (secondary N) is 2. The maximum atomic E-state index is 12.8. The van der Waals surface area contributed by atoms with Crippen molar-refractivity contribution < 1.29 is 9.18 Å². The van der Waals surface area contributed by atoms with Crippen LogP contribution in [0.1, 0.15) is 22.8 Å². The average molecular weight is 302 g/mol. The number of carbonyl (C=O) groups is 1. The Morgan fingerprint density at radius 1 is 1.10 bits per heavy atom. The molecule has 0 fully saturated rings. The van der Waals surface area contributed by atoms with E-state index in [4.69, 9.17) is 12.2 Å². The third-order valence-electron chi connectivity index (χ3n) is 2.95. The number of hydrogen-bond donors (Lipinski definition) is 2. The average Bonchev–Trinajstić information content (AvgIpc) is 2.48. The predicted molar refractivity (Wildman–Crippen MR) is 85.9 cm³/mol. The van der Waals surface area contributed by atoms with E-state index in [0.717, 1.165) is 12.1 Å². The zero-order valence-electron chi connectivity index (χ0n) is 11.5. The van der Waals surface area contributed by atoms with Crippen molar-refractivity contribution in [2.75, 3.05) is 5.32 Å². The molecule has 5 heteroatoms. The zero-order valence-corrected chi connectivity index (χ0v) is 12.3. The summed E-state index contributed by atoms with van der Waals surface area (Å²) in [5.74, 6) is -0.763. The Bertz CT molecular complexity index is 638. The maximum Gasteiger partial charge on any atom is 0.257 e.